The van der Waals surface area contributed by atoms with Gasteiger partial charge in [0.2, 0.25) is 0 Å². The van der Waals surface area contributed by atoms with E-state index in [-0.39, 0.29) is 4.90 Å². The van der Waals surface area contributed by atoms with Crippen LogP contribution in [-0.4, -0.2) is 12.8 Å². The quantitative estimate of drug-likeness (QED) is 0.280. The molecule has 0 saturated heterocycles. The summed E-state index contributed by atoms with van der Waals surface area (Å²) in [4.78, 5) is 2.34. The molecule has 0 fully saturated rings. The minimum absolute atomic E-state index is 0.205. The van der Waals surface area contributed by atoms with Crippen molar-refractivity contribution in [3.05, 3.63) is 28.7 Å². The predicted octanol–water partition coefficient (Wildman–Crippen LogP) is -0.927. The van der Waals surface area contributed by atoms with Crippen molar-refractivity contribution < 1.29 is 33.2 Å². The summed E-state index contributed by atoms with van der Waals surface area (Å²) >= 11 is 2.71. The first kappa shape index (κ1) is 14.4. The number of benzene rings is 1. The molecular weight excluding hydrogens is 409 g/mol. The molecular formula is C9H12BrINO3S-. The molecule has 0 aliphatic carbocycles. The van der Waals surface area contributed by atoms with Crippen molar-refractivity contribution >= 4 is 26.0 Å². The Labute approximate surface area is 115 Å². The Hall–Kier alpha value is 0.300. The molecule has 0 heterocycles. The van der Waals surface area contributed by atoms with E-state index in [1.807, 2.05) is 6.92 Å². The zero-order valence-corrected chi connectivity index (χ0v) is 13.2. The second kappa shape index (κ2) is 6.90. The molecule has 1 aromatic rings. The Morgan fingerprint density at radius 2 is 2.00 bits per heavy atom. The van der Waals surface area contributed by atoms with Gasteiger partial charge in [0.1, 0.15) is 0 Å². The van der Waals surface area contributed by atoms with E-state index in [2.05, 4.69) is 20.8 Å². The number of hydrogen-bond donors (Lipinski definition) is 1. The third-order valence-electron chi connectivity index (χ3n) is 1.59. The summed E-state index contributed by atoms with van der Waals surface area (Å²) in [6, 6.07) is 6.40. The molecule has 0 saturated carbocycles. The van der Waals surface area contributed by atoms with Gasteiger partial charge in [-0.3, -0.25) is 0 Å². The molecule has 92 valence electrons. The fourth-order valence-corrected chi connectivity index (χ4v) is 3.58. The average molecular weight is 421 g/mol. The first-order chi connectivity index (χ1) is 7.56. The van der Waals surface area contributed by atoms with Crippen LogP contribution in [0, 0.1) is 0 Å². The van der Waals surface area contributed by atoms with Gasteiger partial charge >= 0.3 is 115 Å². The van der Waals surface area contributed by atoms with Gasteiger partial charge in [-0.15, -0.1) is 0 Å². The maximum atomic E-state index is 11.7. The fraction of sp³-hybridized carbons (Fsp3) is 0.333. The molecule has 0 spiro atoms. The van der Waals surface area contributed by atoms with E-state index in [1.54, 1.807) is 12.1 Å². The van der Waals surface area contributed by atoms with Crippen molar-refractivity contribution in [2.24, 2.45) is 0 Å². The van der Waals surface area contributed by atoms with Gasteiger partial charge < -0.3 is 0 Å². The van der Waals surface area contributed by atoms with Crippen molar-refractivity contribution in [2.45, 2.75) is 18.2 Å². The number of alkyl halides is 1. The molecule has 16 heavy (non-hydrogen) atoms. The van der Waals surface area contributed by atoms with Crippen LogP contribution < -0.4 is 26.5 Å². The Kier molecular flexibility index (Phi) is 6.19. The van der Waals surface area contributed by atoms with Gasteiger partial charge in [0, 0.05) is 0 Å². The maximum absolute atomic E-state index is 11.7. The molecule has 0 aliphatic heterocycles. The van der Waals surface area contributed by atoms with Crippen molar-refractivity contribution in [1.29, 1.82) is 0 Å². The third kappa shape index (κ3) is 4.66. The molecule has 1 rings (SSSR count). The van der Waals surface area contributed by atoms with Gasteiger partial charge in [-0.1, -0.05) is 0 Å². The van der Waals surface area contributed by atoms with E-state index in [9.17, 15) is 8.42 Å². The molecule has 0 aliphatic rings. The van der Waals surface area contributed by atoms with Crippen LogP contribution >= 0.6 is 15.9 Å². The van der Waals surface area contributed by atoms with Gasteiger partial charge in [0.15, 0.2) is 0 Å². The Bertz CT molecular complexity index is 421. The Balaban J connectivity index is 2.60. The topological polar surface area (TPSA) is 55.4 Å². The van der Waals surface area contributed by atoms with Gasteiger partial charge in [0.05, 0.1) is 0 Å². The van der Waals surface area contributed by atoms with E-state index < -0.39 is 31.6 Å². The number of halogens is 2. The van der Waals surface area contributed by atoms with Crippen LogP contribution in [-0.2, 0) is 13.2 Å². The second-order valence-corrected chi connectivity index (χ2v) is 7.62. The van der Waals surface area contributed by atoms with Gasteiger partial charge in [-0.25, -0.2) is 0 Å². The number of hydrogen-bond acceptors (Lipinski definition) is 3. The molecule has 4 nitrogen and oxygen atoms in total. The summed E-state index contributed by atoms with van der Waals surface area (Å²) in [7, 11) is -3.52. The molecule has 0 bridgehead atoms. The number of sulfonamides is 1. The summed E-state index contributed by atoms with van der Waals surface area (Å²) < 4.78 is 30.1. The minimum atomic E-state index is -3.52. The molecule has 7 heteroatoms. The van der Waals surface area contributed by atoms with E-state index in [0.717, 1.165) is 15.3 Å². The average Bonchev–Trinajstić information content (AvgIpc) is 2.25. The van der Waals surface area contributed by atoms with Crippen molar-refractivity contribution in [2.75, 3.05) is 4.43 Å². The third-order valence-corrected chi connectivity index (χ3v) is 5.66. The zero-order valence-electron chi connectivity index (χ0n) is 8.61. The van der Waals surface area contributed by atoms with Crippen LogP contribution in [0.3, 0.4) is 0 Å². The summed E-state index contributed by atoms with van der Waals surface area (Å²) in [6.07, 6.45) is 1.01. The SMILES string of the molecule is CCC[I-]ONS(=O)(=O)c1ccc(Br)cc1. The summed E-state index contributed by atoms with van der Waals surface area (Å²) in [5, 5.41) is 0. The standard InChI is InChI=1S/C9H12BrINO3S/c1-2-7-11-15-12-16(13,14)9-5-3-8(10)4-6-9/h3-6,12H,2,7H2,1H3/q-1. The van der Waals surface area contributed by atoms with Gasteiger partial charge in [-0.05, 0) is 0 Å². The van der Waals surface area contributed by atoms with Crippen molar-refractivity contribution in [3.8, 4) is 0 Å². The van der Waals surface area contributed by atoms with E-state index >= 15 is 0 Å². The van der Waals surface area contributed by atoms with E-state index in [1.165, 1.54) is 12.1 Å². The first-order valence-corrected chi connectivity index (χ1v) is 9.27. The predicted molar refractivity (Wildman–Crippen MR) is 60.7 cm³/mol. The molecule has 1 N–H and O–H groups in total. The molecule has 1 aromatic carbocycles. The van der Waals surface area contributed by atoms with Crippen LogP contribution in [0.4, 0.5) is 0 Å². The fourth-order valence-electron chi connectivity index (χ4n) is 0.841. The molecule has 0 unspecified atom stereocenters. The van der Waals surface area contributed by atoms with Crippen LogP contribution in [0.25, 0.3) is 0 Å². The molecule has 0 aromatic heterocycles. The van der Waals surface area contributed by atoms with Gasteiger partial charge in [-0.2, -0.15) is 0 Å². The van der Waals surface area contributed by atoms with Crippen LogP contribution in [0.15, 0.2) is 33.6 Å². The van der Waals surface area contributed by atoms with Crippen LogP contribution in [0.2, 0.25) is 0 Å². The first-order valence-electron chi connectivity index (χ1n) is 4.58. The van der Waals surface area contributed by atoms with Crippen LogP contribution in [0.1, 0.15) is 13.3 Å². The summed E-state index contributed by atoms with van der Waals surface area (Å²) in [5.41, 5.74) is 0. The Morgan fingerprint density at radius 1 is 1.38 bits per heavy atom. The van der Waals surface area contributed by atoms with Crippen molar-refractivity contribution in [1.82, 2.24) is 4.89 Å². The number of rotatable bonds is 6. The van der Waals surface area contributed by atoms with Gasteiger partial charge in [0.25, 0.3) is 0 Å². The summed E-state index contributed by atoms with van der Waals surface area (Å²) in [6.45, 7) is 2.03. The normalized spacial score (nSPS) is 11.9. The molecule has 0 amide bonds. The van der Waals surface area contributed by atoms with Crippen molar-refractivity contribution in [3.63, 3.8) is 0 Å². The summed E-state index contributed by atoms with van der Waals surface area (Å²) in [5.74, 6) is 0. The Morgan fingerprint density at radius 3 is 2.56 bits per heavy atom. The van der Waals surface area contributed by atoms with Crippen LogP contribution in [0.5, 0.6) is 0 Å². The monoisotopic (exact) mass is 420 g/mol. The zero-order chi connectivity index (χ0) is 12.0. The molecule has 0 radical (unpaired) electrons. The molecule has 0 atom stereocenters. The second-order valence-electron chi connectivity index (χ2n) is 2.92. The van der Waals surface area contributed by atoms with E-state index in [4.69, 9.17) is 3.17 Å². The number of nitrogens with one attached hydrogen (secondary N) is 1. The van der Waals surface area contributed by atoms with E-state index in [0.29, 0.717) is 0 Å².